The standard InChI is InChI=1S/C12H10BrN3OS/c1-8-15-16-12(18-8)14-11(17)7-4-9-2-5-10(13)6-3-9/h2-7H,1H3,(H,14,16,17)/b7-4+. The predicted molar refractivity (Wildman–Crippen MR) is 76.5 cm³/mol. The second-order valence-corrected chi connectivity index (χ2v) is 5.60. The zero-order valence-electron chi connectivity index (χ0n) is 9.55. The van der Waals surface area contributed by atoms with Gasteiger partial charge < -0.3 is 0 Å². The van der Waals surface area contributed by atoms with Crippen molar-refractivity contribution >= 4 is 44.4 Å². The van der Waals surface area contributed by atoms with Crippen LogP contribution < -0.4 is 5.32 Å². The van der Waals surface area contributed by atoms with Crippen LogP contribution in [-0.2, 0) is 4.79 Å². The number of halogens is 1. The van der Waals surface area contributed by atoms with Crippen LogP contribution in [0.4, 0.5) is 5.13 Å². The number of carbonyl (C=O) groups is 1. The summed E-state index contributed by atoms with van der Waals surface area (Å²) >= 11 is 4.70. The minimum atomic E-state index is -0.214. The van der Waals surface area contributed by atoms with Gasteiger partial charge in [0.05, 0.1) is 0 Å². The van der Waals surface area contributed by atoms with E-state index in [-0.39, 0.29) is 5.91 Å². The zero-order chi connectivity index (χ0) is 13.0. The molecule has 0 aliphatic heterocycles. The Balaban J connectivity index is 1.96. The van der Waals surface area contributed by atoms with Crippen molar-refractivity contribution in [1.82, 2.24) is 10.2 Å². The van der Waals surface area contributed by atoms with Crippen molar-refractivity contribution in [2.45, 2.75) is 6.92 Å². The molecule has 0 atom stereocenters. The second-order valence-electron chi connectivity index (χ2n) is 3.50. The Hall–Kier alpha value is -1.53. The van der Waals surface area contributed by atoms with Crippen molar-refractivity contribution in [2.75, 3.05) is 5.32 Å². The van der Waals surface area contributed by atoms with E-state index in [2.05, 4.69) is 31.4 Å². The summed E-state index contributed by atoms with van der Waals surface area (Å²) in [6, 6.07) is 7.68. The number of rotatable bonds is 3. The van der Waals surface area contributed by atoms with Crippen LogP contribution in [0.3, 0.4) is 0 Å². The molecule has 0 radical (unpaired) electrons. The largest absolute Gasteiger partial charge is 0.297 e. The fraction of sp³-hybridized carbons (Fsp3) is 0.0833. The van der Waals surface area contributed by atoms with E-state index in [1.54, 1.807) is 6.08 Å². The maximum atomic E-state index is 11.6. The molecule has 0 fully saturated rings. The summed E-state index contributed by atoms with van der Waals surface area (Å²) in [5.74, 6) is -0.214. The molecular weight excluding hydrogens is 314 g/mol. The molecule has 92 valence electrons. The van der Waals surface area contributed by atoms with Gasteiger partial charge in [-0.05, 0) is 30.7 Å². The van der Waals surface area contributed by atoms with Gasteiger partial charge in [0.25, 0.3) is 0 Å². The van der Waals surface area contributed by atoms with Crippen LogP contribution in [0.15, 0.2) is 34.8 Å². The number of aryl methyl sites for hydroxylation is 1. The SMILES string of the molecule is Cc1nnc(NC(=O)/C=C/c2ccc(Br)cc2)s1. The van der Waals surface area contributed by atoms with Crippen LogP contribution >= 0.6 is 27.3 Å². The predicted octanol–water partition coefficient (Wildman–Crippen LogP) is 3.26. The molecule has 1 aromatic heterocycles. The third kappa shape index (κ3) is 3.75. The number of benzene rings is 1. The van der Waals surface area contributed by atoms with Gasteiger partial charge in [0.2, 0.25) is 11.0 Å². The Morgan fingerprint density at radius 3 is 2.67 bits per heavy atom. The van der Waals surface area contributed by atoms with Gasteiger partial charge in [-0.2, -0.15) is 0 Å². The molecule has 18 heavy (non-hydrogen) atoms. The molecule has 4 nitrogen and oxygen atoms in total. The summed E-state index contributed by atoms with van der Waals surface area (Å²) in [6.45, 7) is 1.84. The number of carbonyl (C=O) groups excluding carboxylic acids is 1. The van der Waals surface area contributed by atoms with E-state index in [4.69, 9.17) is 0 Å². The first-order valence-corrected chi connectivity index (χ1v) is 6.79. The number of nitrogens with zero attached hydrogens (tertiary/aromatic N) is 2. The van der Waals surface area contributed by atoms with E-state index >= 15 is 0 Å². The molecule has 2 aromatic rings. The molecule has 0 unspecified atom stereocenters. The Bertz CT molecular complexity index is 577. The van der Waals surface area contributed by atoms with Crippen molar-refractivity contribution in [1.29, 1.82) is 0 Å². The number of aromatic nitrogens is 2. The molecular formula is C12H10BrN3OS. The lowest BCUT2D eigenvalue weighted by molar-refractivity contribution is -0.111. The molecule has 2 rings (SSSR count). The first kappa shape index (κ1) is 12.9. The number of nitrogens with one attached hydrogen (secondary N) is 1. The number of anilines is 1. The van der Waals surface area contributed by atoms with Gasteiger partial charge in [-0.15, -0.1) is 10.2 Å². The van der Waals surface area contributed by atoms with Gasteiger partial charge in [0, 0.05) is 10.5 Å². The molecule has 0 spiro atoms. The van der Waals surface area contributed by atoms with E-state index < -0.39 is 0 Å². The van der Waals surface area contributed by atoms with Crippen LogP contribution in [0.25, 0.3) is 6.08 Å². The first-order valence-electron chi connectivity index (χ1n) is 5.18. The number of hydrogen-bond donors (Lipinski definition) is 1. The minimum absolute atomic E-state index is 0.214. The molecule has 0 saturated heterocycles. The lowest BCUT2D eigenvalue weighted by atomic mass is 10.2. The Labute approximate surface area is 117 Å². The van der Waals surface area contributed by atoms with Crippen molar-refractivity contribution in [3.63, 3.8) is 0 Å². The molecule has 0 aliphatic rings. The third-order valence-corrected chi connectivity index (χ3v) is 3.34. The van der Waals surface area contributed by atoms with E-state index in [0.29, 0.717) is 5.13 Å². The average Bonchev–Trinajstić information content (AvgIpc) is 2.74. The highest BCUT2D eigenvalue weighted by Gasteiger charge is 2.02. The van der Waals surface area contributed by atoms with Gasteiger partial charge in [-0.1, -0.05) is 39.4 Å². The Morgan fingerprint density at radius 1 is 1.33 bits per heavy atom. The van der Waals surface area contributed by atoms with Crippen LogP contribution in [0.1, 0.15) is 10.6 Å². The highest BCUT2D eigenvalue weighted by Crippen LogP contribution is 2.14. The van der Waals surface area contributed by atoms with Crippen LogP contribution in [0.5, 0.6) is 0 Å². The lowest BCUT2D eigenvalue weighted by Crippen LogP contribution is -2.07. The second kappa shape index (κ2) is 5.88. The van der Waals surface area contributed by atoms with Crippen LogP contribution in [0, 0.1) is 6.92 Å². The highest BCUT2D eigenvalue weighted by molar-refractivity contribution is 9.10. The topological polar surface area (TPSA) is 54.9 Å². The van der Waals surface area contributed by atoms with Gasteiger partial charge in [-0.3, -0.25) is 10.1 Å². The first-order chi connectivity index (χ1) is 8.63. The fourth-order valence-electron chi connectivity index (χ4n) is 1.24. The zero-order valence-corrected chi connectivity index (χ0v) is 12.0. The van der Waals surface area contributed by atoms with E-state index in [1.165, 1.54) is 17.4 Å². The maximum absolute atomic E-state index is 11.6. The van der Waals surface area contributed by atoms with Gasteiger partial charge in [-0.25, -0.2) is 0 Å². The summed E-state index contributed by atoms with van der Waals surface area (Å²) in [5, 5.41) is 11.6. The van der Waals surface area contributed by atoms with Crippen molar-refractivity contribution in [3.05, 3.63) is 45.4 Å². The van der Waals surface area contributed by atoms with E-state index in [1.807, 2.05) is 31.2 Å². The van der Waals surface area contributed by atoms with Gasteiger partial charge in [0.1, 0.15) is 5.01 Å². The number of amides is 1. The molecule has 1 heterocycles. The summed E-state index contributed by atoms with van der Waals surface area (Å²) < 4.78 is 1.01. The molecule has 6 heteroatoms. The molecule has 0 saturated carbocycles. The van der Waals surface area contributed by atoms with Crippen molar-refractivity contribution in [3.8, 4) is 0 Å². The summed E-state index contributed by atoms with van der Waals surface area (Å²) in [4.78, 5) is 11.6. The number of hydrogen-bond acceptors (Lipinski definition) is 4. The molecule has 1 amide bonds. The lowest BCUT2D eigenvalue weighted by Gasteiger charge is -1.95. The average molecular weight is 324 g/mol. The monoisotopic (exact) mass is 323 g/mol. The summed E-state index contributed by atoms with van der Waals surface area (Å²) in [5.41, 5.74) is 0.960. The highest BCUT2D eigenvalue weighted by atomic mass is 79.9. The molecule has 1 N–H and O–H groups in total. The fourth-order valence-corrected chi connectivity index (χ4v) is 2.10. The van der Waals surface area contributed by atoms with Crippen molar-refractivity contribution in [2.24, 2.45) is 0 Å². The van der Waals surface area contributed by atoms with Crippen LogP contribution in [-0.4, -0.2) is 16.1 Å². The summed E-state index contributed by atoms with van der Waals surface area (Å²) in [6.07, 6.45) is 3.22. The van der Waals surface area contributed by atoms with Crippen LogP contribution in [0.2, 0.25) is 0 Å². The Morgan fingerprint density at radius 2 is 2.06 bits per heavy atom. The van der Waals surface area contributed by atoms with Crippen molar-refractivity contribution < 1.29 is 4.79 Å². The summed E-state index contributed by atoms with van der Waals surface area (Å²) in [7, 11) is 0. The minimum Gasteiger partial charge on any atom is -0.297 e. The quantitative estimate of drug-likeness (QED) is 0.882. The molecule has 0 aliphatic carbocycles. The smallest absolute Gasteiger partial charge is 0.250 e. The third-order valence-electron chi connectivity index (χ3n) is 2.05. The molecule has 0 bridgehead atoms. The van der Waals surface area contributed by atoms with E-state index in [0.717, 1.165) is 15.0 Å². The normalized spacial score (nSPS) is 10.8. The maximum Gasteiger partial charge on any atom is 0.250 e. The van der Waals surface area contributed by atoms with Gasteiger partial charge in [0.15, 0.2) is 0 Å². The van der Waals surface area contributed by atoms with E-state index in [9.17, 15) is 4.79 Å². The Kier molecular flexibility index (Phi) is 4.22. The van der Waals surface area contributed by atoms with Gasteiger partial charge >= 0.3 is 0 Å². The molecule has 1 aromatic carbocycles.